The summed E-state index contributed by atoms with van der Waals surface area (Å²) in [4.78, 5) is 12.5. The van der Waals surface area contributed by atoms with E-state index in [0.717, 1.165) is 31.0 Å². The highest BCUT2D eigenvalue weighted by molar-refractivity contribution is 7.99. The van der Waals surface area contributed by atoms with E-state index in [-0.39, 0.29) is 18.3 Å². The van der Waals surface area contributed by atoms with Crippen molar-refractivity contribution >= 4 is 30.1 Å². The number of hydrogen-bond donors (Lipinski definition) is 2. The Hall–Kier alpha value is -1.49. The number of halogens is 1. The van der Waals surface area contributed by atoms with Crippen LogP contribution in [0.3, 0.4) is 0 Å². The fraction of sp³-hybridized carbons (Fsp3) is 0.435. The predicted molar refractivity (Wildman–Crippen MR) is 119 cm³/mol. The zero-order chi connectivity index (χ0) is 18.2. The van der Waals surface area contributed by atoms with Gasteiger partial charge in [0, 0.05) is 48.9 Å². The van der Waals surface area contributed by atoms with Crippen molar-refractivity contribution in [3.63, 3.8) is 0 Å². The van der Waals surface area contributed by atoms with E-state index in [1.165, 1.54) is 22.3 Å². The average Bonchev–Trinajstić information content (AvgIpc) is 2.73. The van der Waals surface area contributed by atoms with Gasteiger partial charge in [0.2, 0.25) is 5.91 Å². The molecule has 5 heteroatoms. The summed E-state index contributed by atoms with van der Waals surface area (Å²) in [5, 5.41) is 6.72. The first kappa shape index (κ1) is 19.8. The van der Waals surface area contributed by atoms with E-state index in [9.17, 15) is 4.79 Å². The fourth-order valence-electron chi connectivity index (χ4n) is 5.25. The van der Waals surface area contributed by atoms with Gasteiger partial charge < -0.3 is 10.6 Å². The minimum absolute atomic E-state index is 0. The minimum Gasteiger partial charge on any atom is -0.356 e. The second-order valence-electron chi connectivity index (χ2n) is 8.02. The molecule has 28 heavy (non-hydrogen) atoms. The maximum absolute atomic E-state index is 12.5. The van der Waals surface area contributed by atoms with E-state index in [1.807, 2.05) is 11.8 Å². The van der Waals surface area contributed by atoms with Crippen molar-refractivity contribution in [3.05, 3.63) is 70.8 Å². The summed E-state index contributed by atoms with van der Waals surface area (Å²) >= 11 is 1.94. The molecule has 1 heterocycles. The summed E-state index contributed by atoms with van der Waals surface area (Å²) < 4.78 is 0. The molecule has 0 spiro atoms. The molecule has 3 aliphatic carbocycles. The van der Waals surface area contributed by atoms with Crippen LogP contribution in [0.4, 0.5) is 0 Å². The van der Waals surface area contributed by atoms with E-state index >= 15 is 0 Å². The summed E-state index contributed by atoms with van der Waals surface area (Å²) in [6, 6.07) is 18.1. The third-order valence-corrected chi connectivity index (χ3v) is 7.55. The average molecular weight is 415 g/mol. The quantitative estimate of drug-likeness (QED) is 0.796. The lowest BCUT2D eigenvalue weighted by molar-refractivity contribution is -0.121. The lowest BCUT2D eigenvalue weighted by Crippen LogP contribution is -2.43. The Balaban J connectivity index is 0.00000192. The number of benzene rings is 2. The predicted octanol–water partition coefficient (Wildman–Crippen LogP) is 3.92. The maximum atomic E-state index is 12.5. The van der Waals surface area contributed by atoms with Gasteiger partial charge in [-0.1, -0.05) is 48.5 Å². The van der Waals surface area contributed by atoms with Gasteiger partial charge in [-0.15, -0.1) is 12.4 Å². The third-order valence-electron chi connectivity index (χ3n) is 6.41. The normalized spacial score (nSPS) is 27.3. The van der Waals surface area contributed by atoms with Crippen molar-refractivity contribution in [2.24, 2.45) is 5.92 Å². The summed E-state index contributed by atoms with van der Waals surface area (Å²) in [5.74, 6) is 3.76. The molecule has 2 aromatic rings. The molecule has 0 aromatic heterocycles. The van der Waals surface area contributed by atoms with Gasteiger partial charge >= 0.3 is 0 Å². The molecule has 148 valence electrons. The van der Waals surface area contributed by atoms with Crippen LogP contribution in [-0.2, 0) is 4.79 Å². The van der Waals surface area contributed by atoms with Crippen molar-refractivity contribution in [3.8, 4) is 0 Å². The van der Waals surface area contributed by atoms with Crippen LogP contribution in [0.5, 0.6) is 0 Å². The molecular weight excluding hydrogens is 388 g/mol. The summed E-state index contributed by atoms with van der Waals surface area (Å²) in [5.41, 5.74) is 5.92. The van der Waals surface area contributed by atoms with Gasteiger partial charge in [0.15, 0.2) is 0 Å². The minimum atomic E-state index is 0. The van der Waals surface area contributed by atoms with E-state index in [1.54, 1.807) is 0 Å². The molecule has 3 nitrogen and oxygen atoms in total. The molecule has 2 N–H and O–H groups in total. The Morgan fingerprint density at radius 2 is 1.68 bits per heavy atom. The summed E-state index contributed by atoms with van der Waals surface area (Å²) in [6.07, 6.45) is 1.73. The van der Waals surface area contributed by atoms with Crippen LogP contribution >= 0.6 is 24.2 Å². The Morgan fingerprint density at radius 3 is 2.29 bits per heavy atom. The molecule has 1 saturated heterocycles. The Labute approximate surface area is 177 Å². The Bertz CT molecular complexity index is 805. The number of carbonyl (C=O) groups is 1. The van der Waals surface area contributed by atoms with Crippen LogP contribution in [0.25, 0.3) is 0 Å². The highest BCUT2D eigenvalue weighted by Gasteiger charge is 2.42. The molecule has 4 aliphatic rings. The molecular formula is C23H27ClN2OS. The van der Waals surface area contributed by atoms with Crippen molar-refractivity contribution in [2.75, 3.05) is 24.6 Å². The molecule has 2 aromatic carbocycles. The summed E-state index contributed by atoms with van der Waals surface area (Å²) in [6.45, 7) is 1.80. The Morgan fingerprint density at radius 1 is 1.04 bits per heavy atom. The summed E-state index contributed by atoms with van der Waals surface area (Å²) in [7, 11) is 0. The van der Waals surface area contributed by atoms with Gasteiger partial charge in [-0.25, -0.2) is 0 Å². The molecule has 2 bridgehead atoms. The second kappa shape index (κ2) is 8.48. The van der Waals surface area contributed by atoms with Crippen molar-refractivity contribution in [1.29, 1.82) is 0 Å². The SMILES string of the molecule is Cl.O=C(CC1CSCCN1)NCC1CC2c3ccccc3C1c1ccccc12. The topological polar surface area (TPSA) is 41.1 Å². The van der Waals surface area contributed by atoms with Gasteiger partial charge in [0.05, 0.1) is 0 Å². The van der Waals surface area contributed by atoms with Gasteiger partial charge in [-0.2, -0.15) is 11.8 Å². The highest BCUT2D eigenvalue weighted by atomic mass is 35.5. The molecule has 2 unspecified atom stereocenters. The zero-order valence-electron chi connectivity index (χ0n) is 15.9. The number of hydrogen-bond acceptors (Lipinski definition) is 3. The van der Waals surface area contributed by atoms with E-state index in [4.69, 9.17) is 0 Å². The molecule has 1 fully saturated rings. The second-order valence-corrected chi connectivity index (χ2v) is 9.17. The molecule has 6 rings (SSSR count). The van der Waals surface area contributed by atoms with E-state index in [2.05, 4.69) is 59.2 Å². The number of nitrogens with one attached hydrogen (secondary N) is 2. The largest absolute Gasteiger partial charge is 0.356 e. The van der Waals surface area contributed by atoms with Crippen LogP contribution in [0.1, 0.15) is 46.9 Å². The van der Waals surface area contributed by atoms with Gasteiger partial charge in [-0.05, 0) is 34.6 Å². The molecule has 1 amide bonds. The lowest BCUT2D eigenvalue weighted by Gasteiger charge is -2.45. The lowest BCUT2D eigenvalue weighted by atomic mass is 9.59. The van der Waals surface area contributed by atoms with Crippen LogP contribution < -0.4 is 10.6 Å². The number of rotatable bonds is 4. The van der Waals surface area contributed by atoms with E-state index in [0.29, 0.717) is 30.2 Å². The van der Waals surface area contributed by atoms with Crippen LogP contribution in [0, 0.1) is 5.92 Å². The molecule has 0 saturated carbocycles. The fourth-order valence-corrected chi connectivity index (χ4v) is 6.20. The van der Waals surface area contributed by atoms with Gasteiger partial charge in [-0.3, -0.25) is 4.79 Å². The smallest absolute Gasteiger partial charge is 0.221 e. The molecule has 2 atom stereocenters. The van der Waals surface area contributed by atoms with Crippen molar-refractivity contribution < 1.29 is 4.79 Å². The third kappa shape index (κ3) is 3.58. The Kier molecular flexibility index (Phi) is 6.00. The van der Waals surface area contributed by atoms with Crippen LogP contribution in [0.2, 0.25) is 0 Å². The standard InChI is InChI=1S/C23H26N2OS.ClH/c26-22(12-16-14-27-10-9-24-16)25-13-15-11-21-17-5-1-3-7-19(17)23(15)20-8-4-2-6-18(20)21;/h1-8,15-16,21,23-24H,9-14H2,(H,25,26);1H. The maximum Gasteiger partial charge on any atom is 0.221 e. The molecule has 1 aliphatic heterocycles. The van der Waals surface area contributed by atoms with Crippen LogP contribution in [0.15, 0.2) is 48.5 Å². The number of thioether (sulfide) groups is 1. The number of fused-ring (bicyclic) bond motifs is 1. The number of amides is 1. The number of carbonyl (C=O) groups excluding carboxylic acids is 1. The first-order valence-electron chi connectivity index (χ1n) is 10.1. The first-order valence-corrected chi connectivity index (χ1v) is 11.2. The first-order chi connectivity index (χ1) is 13.3. The highest BCUT2D eigenvalue weighted by Crippen LogP contribution is 2.55. The van der Waals surface area contributed by atoms with Gasteiger partial charge in [0.25, 0.3) is 0 Å². The van der Waals surface area contributed by atoms with Crippen molar-refractivity contribution in [1.82, 2.24) is 10.6 Å². The van der Waals surface area contributed by atoms with Gasteiger partial charge in [0.1, 0.15) is 0 Å². The zero-order valence-corrected chi connectivity index (χ0v) is 17.5. The van der Waals surface area contributed by atoms with Crippen LogP contribution in [-0.4, -0.2) is 36.5 Å². The molecule has 0 radical (unpaired) electrons. The van der Waals surface area contributed by atoms with E-state index < -0.39 is 0 Å². The monoisotopic (exact) mass is 414 g/mol. The van der Waals surface area contributed by atoms with Crippen molar-refractivity contribution in [2.45, 2.75) is 30.7 Å².